The lowest BCUT2D eigenvalue weighted by Crippen LogP contribution is -2.19. The number of nitrogens with zero attached hydrogens (tertiary/aromatic N) is 1. The van der Waals surface area contributed by atoms with E-state index in [2.05, 4.69) is 0 Å². The third kappa shape index (κ3) is 3.35. The Morgan fingerprint density at radius 2 is 2.11 bits per heavy atom. The average Bonchev–Trinajstić information content (AvgIpc) is 2.35. The molecular formula is C12H16ClNO4. The summed E-state index contributed by atoms with van der Waals surface area (Å²) < 4.78 is 10.5. The van der Waals surface area contributed by atoms with Crippen LogP contribution in [-0.4, -0.2) is 27.2 Å². The lowest BCUT2D eigenvalue weighted by Gasteiger charge is -2.18. The molecule has 0 aliphatic rings. The smallest absolute Gasteiger partial charge is 0.238 e. The van der Waals surface area contributed by atoms with E-state index in [1.54, 1.807) is 19.2 Å². The summed E-state index contributed by atoms with van der Waals surface area (Å²) in [5, 5.41) is 1.48. The molecule has 0 radical (unpaired) electrons. The molecule has 1 aromatic carbocycles. The van der Waals surface area contributed by atoms with Gasteiger partial charge in [0.15, 0.2) is 0 Å². The van der Waals surface area contributed by atoms with Crippen molar-refractivity contribution in [2.45, 2.75) is 13.5 Å². The van der Waals surface area contributed by atoms with Gasteiger partial charge in [-0.15, -0.1) is 0 Å². The van der Waals surface area contributed by atoms with Gasteiger partial charge < -0.3 is 9.47 Å². The van der Waals surface area contributed by atoms with Gasteiger partial charge >= 0.3 is 0 Å². The van der Waals surface area contributed by atoms with Gasteiger partial charge in [-0.2, -0.15) is 5.06 Å². The van der Waals surface area contributed by atoms with Gasteiger partial charge in [0, 0.05) is 12.7 Å². The van der Waals surface area contributed by atoms with E-state index in [4.69, 9.17) is 25.9 Å². The van der Waals surface area contributed by atoms with Gasteiger partial charge in [-0.25, -0.2) is 0 Å². The first-order valence-electron chi connectivity index (χ1n) is 5.40. The van der Waals surface area contributed by atoms with Crippen LogP contribution in [0.5, 0.6) is 5.75 Å². The predicted octanol–water partition coefficient (Wildman–Crippen LogP) is 2.41. The van der Waals surface area contributed by atoms with Gasteiger partial charge in [-0.3, -0.25) is 9.63 Å². The second kappa shape index (κ2) is 7.20. The van der Waals surface area contributed by atoms with Crippen LogP contribution in [0.2, 0.25) is 5.02 Å². The maximum atomic E-state index is 10.8. The quantitative estimate of drug-likeness (QED) is 0.565. The summed E-state index contributed by atoms with van der Waals surface area (Å²) in [4.78, 5) is 15.7. The number of hydrogen-bond donors (Lipinski definition) is 0. The number of hydrogen-bond acceptors (Lipinski definition) is 4. The van der Waals surface area contributed by atoms with Crippen LogP contribution < -0.4 is 9.80 Å². The van der Waals surface area contributed by atoms with Crippen molar-refractivity contribution in [1.82, 2.24) is 0 Å². The molecule has 0 heterocycles. The summed E-state index contributed by atoms with van der Waals surface area (Å²) >= 11 is 6.13. The zero-order valence-corrected chi connectivity index (χ0v) is 11.4. The molecule has 0 bridgehead atoms. The first-order valence-corrected chi connectivity index (χ1v) is 5.78. The fraction of sp³-hybridized carbons (Fsp3) is 0.417. The van der Waals surface area contributed by atoms with Gasteiger partial charge in [-0.05, 0) is 19.1 Å². The third-order valence-corrected chi connectivity index (χ3v) is 2.52. The van der Waals surface area contributed by atoms with Crippen LogP contribution >= 0.6 is 11.6 Å². The summed E-state index contributed by atoms with van der Waals surface area (Å²) in [6.07, 6.45) is 0.558. The van der Waals surface area contributed by atoms with Gasteiger partial charge in [-0.1, -0.05) is 11.6 Å². The minimum atomic E-state index is 0.333. The Morgan fingerprint density at radius 3 is 2.61 bits per heavy atom. The van der Waals surface area contributed by atoms with Crippen molar-refractivity contribution in [3.63, 3.8) is 0 Å². The maximum Gasteiger partial charge on any atom is 0.238 e. The number of amides is 1. The van der Waals surface area contributed by atoms with Crippen LogP contribution in [0.1, 0.15) is 12.5 Å². The highest BCUT2D eigenvalue weighted by molar-refractivity contribution is 6.32. The Balaban J connectivity index is 3.21. The van der Waals surface area contributed by atoms with E-state index in [1.807, 2.05) is 6.92 Å². The van der Waals surface area contributed by atoms with Crippen LogP contribution in [0.4, 0.5) is 5.69 Å². The van der Waals surface area contributed by atoms with Gasteiger partial charge in [0.25, 0.3) is 0 Å². The topological polar surface area (TPSA) is 48.0 Å². The van der Waals surface area contributed by atoms with E-state index >= 15 is 0 Å². The summed E-state index contributed by atoms with van der Waals surface area (Å²) in [6.45, 7) is 2.70. The number of methoxy groups -OCH3 is 1. The number of halogens is 1. The number of anilines is 1. The van der Waals surface area contributed by atoms with Crippen molar-refractivity contribution in [2.24, 2.45) is 0 Å². The maximum absolute atomic E-state index is 10.8. The second-order valence-corrected chi connectivity index (χ2v) is 3.80. The summed E-state index contributed by atoms with van der Waals surface area (Å²) in [7, 11) is 2.97. The molecule has 0 N–H and O–H groups in total. The normalized spacial score (nSPS) is 10.2. The number of ether oxygens (including phenoxy) is 2. The van der Waals surface area contributed by atoms with Crippen molar-refractivity contribution < 1.29 is 19.1 Å². The highest BCUT2D eigenvalue weighted by Crippen LogP contribution is 2.34. The Bertz CT molecular complexity index is 411. The molecule has 1 rings (SSSR count). The van der Waals surface area contributed by atoms with E-state index in [0.717, 1.165) is 10.6 Å². The largest absolute Gasteiger partial charge is 0.492 e. The molecule has 6 heteroatoms. The Labute approximate surface area is 111 Å². The second-order valence-electron chi connectivity index (χ2n) is 3.40. The molecule has 0 spiro atoms. The fourth-order valence-corrected chi connectivity index (χ4v) is 1.83. The SMILES string of the molecule is CCOc1c(Cl)cc(N(C=O)OC)cc1COC. The standard InChI is InChI=1S/C12H16ClNO4/c1-4-18-12-9(7-16-2)5-10(6-11(12)13)14(8-15)17-3/h5-6,8H,4,7H2,1-3H3. The van der Waals surface area contributed by atoms with Crippen molar-refractivity contribution in [3.05, 3.63) is 22.7 Å². The van der Waals surface area contributed by atoms with Crippen LogP contribution in [0.25, 0.3) is 0 Å². The molecule has 18 heavy (non-hydrogen) atoms. The van der Waals surface area contributed by atoms with Crippen molar-refractivity contribution in [3.8, 4) is 5.75 Å². The third-order valence-electron chi connectivity index (χ3n) is 2.24. The summed E-state index contributed by atoms with van der Waals surface area (Å²) in [6, 6.07) is 3.34. The minimum Gasteiger partial charge on any atom is -0.492 e. The molecule has 0 unspecified atom stereocenters. The summed E-state index contributed by atoms with van der Waals surface area (Å²) in [5.41, 5.74) is 1.28. The highest BCUT2D eigenvalue weighted by Gasteiger charge is 2.14. The zero-order valence-electron chi connectivity index (χ0n) is 10.6. The first-order chi connectivity index (χ1) is 8.67. The molecule has 0 saturated heterocycles. The van der Waals surface area contributed by atoms with E-state index in [9.17, 15) is 4.79 Å². The molecule has 0 atom stereocenters. The van der Waals surface area contributed by atoms with Crippen LogP contribution in [0.3, 0.4) is 0 Å². The summed E-state index contributed by atoms with van der Waals surface area (Å²) in [5.74, 6) is 0.562. The molecule has 0 aromatic heterocycles. The molecular weight excluding hydrogens is 258 g/mol. The Morgan fingerprint density at radius 1 is 1.39 bits per heavy atom. The number of benzene rings is 1. The van der Waals surface area contributed by atoms with Crippen LogP contribution in [0.15, 0.2) is 12.1 Å². The van der Waals surface area contributed by atoms with E-state index in [-0.39, 0.29) is 0 Å². The van der Waals surface area contributed by atoms with Gasteiger partial charge in [0.2, 0.25) is 6.41 Å². The molecule has 0 aliphatic carbocycles. The Kier molecular flexibility index (Phi) is 5.91. The van der Waals surface area contributed by atoms with Crippen LogP contribution in [0, 0.1) is 0 Å². The minimum absolute atomic E-state index is 0.333. The van der Waals surface area contributed by atoms with Crippen molar-refractivity contribution in [1.29, 1.82) is 0 Å². The molecule has 100 valence electrons. The molecule has 1 amide bonds. The van der Waals surface area contributed by atoms with Crippen molar-refractivity contribution in [2.75, 3.05) is 25.9 Å². The van der Waals surface area contributed by atoms with Crippen LogP contribution in [-0.2, 0) is 21.0 Å². The highest BCUT2D eigenvalue weighted by atomic mass is 35.5. The molecule has 1 aromatic rings. The van der Waals surface area contributed by atoms with E-state index in [0.29, 0.717) is 36.1 Å². The number of rotatable bonds is 7. The predicted molar refractivity (Wildman–Crippen MR) is 68.9 cm³/mol. The monoisotopic (exact) mass is 273 g/mol. The van der Waals surface area contributed by atoms with Crippen molar-refractivity contribution >= 4 is 23.7 Å². The number of carbonyl (C=O) groups excluding carboxylic acids is 1. The lowest BCUT2D eigenvalue weighted by atomic mass is 10.2. The van der Waals surface area contributed by atoms with Gasteiger partial charge in [0.1, 0.15) is 5.75 Å². The van der Waals surface area contributed by atoms with E-state index in [1.165, 1.54) is 7.11 Å². The molecule has 0 fully saturated rings. The zero-order chi connectivity index (χ0) is 13.5. The van der Waals surface area contributed by atoms with Gasteiger partial charge in [0.05, 0.1) is 31.0 Å². The lowest BCUT2D eigenvalue weighted by molar-refractivity contribution is -0.112. The Hall–Kier alpha value is -1.30. The molecule has 5 nitrogen and oxygen atoms in total. The van der Waals surface area contributed by atoms with E-state index < -0.39 is 0 Å². The fourth-order valence-electron chi connectivity index (χ4n) is 1.54. The molecule has 0 saturated carbocycles. The number of hydroxylamine groups is 1. The average molecular weight is 274 g/mol. The number of carbonyl (C=O) groups is 1. The molecule has 0 aliphatic heterocycles. The first kappa shape index (κ1) is 14.8.